The molecule has 0 aromatic heterocycles. The number of hydrogen-bond acceptors (Lipinski definition) is 1. The summed E-state index contributed by atoms with van der Waals surface area (Å²) in [5.74, 6) is -0.734. The summed E-state index contributed by atoms with van der Waals surface area (Å²) in [7, 11) is 0. The Hall–Kier alpha value is -1.57. The average molecular weight is 161 g/mol. The van der Waals surface area contributed by atoms with E-state index in [-0.39, 0.29) is 11.8 Å². The van der Waals surface area contributed by atoms with Gasteiger partial charge in [0.1, 0.15) is 0 Å². The van der Waals surface area contributed by atoms with Gasteiger partial charge in [-0.25, -0.2) is 0 Å². The Kier molecular flexibility index (Phi) is 2.64. The summed E-state index contributed by atoms with van der Waals surface area (Å²) in [5, 5.41) is 0. The van der Waals surface area contributed by atoms with E-state index in [0.717, 1.165) is 5.56 Å². The molecular weight excluding hydrogens is 150 g/mol. The molecule has 2 heteroatoms. The van der Waals surface area contributed by atoms with Crippen LogP contribution in [0.3, 0.4) is 0 Å². The molecule has 0 saturated carbocycles. The average Bonchev–Trinajstić information content (AvgIpc) is 2.07. The lowest BCUT2D eigenvalue weighted by Gasteiger charge is -2.06. The van der Waals surface area contributed by atoms with Crippen LogP contribution in [0.4, 0.5) is 0 Å². The van der Waals surface area contributed by atoms with Gasteiger partial charge >= 0.3 is 0 Å². The maximum atomic E-state index is 10.9. The number of nitrogens with two attached hydrogens (primary N) is 1. The van der Waals surface area contributed by atoms with Gasteiger partial charge in [-0.3, -0.25) is 4.79 Å². The molecule has 2 N–H and O–H groups in total. The number of amides is 1. The van der Waals surface area contributed by atoms with Crippen molar-refractivity contribution in [3.63, 3.8) is 0 Å². The molecule has 0 saturated heterocycles. The first-order chi connectivity index (χ1) is 5.75. The minimum absolute atomic E-state index is 0.365. The van der Waals surface area contributed by atoms with E-state index >= 15 is 0 Å². The van der Waals surface area contributed by atoms with Crippen LogP contribution in [0.5, 0.6) is 0 Å². The van der Waals surface area contributed by atoms with E-state index < -0.39 is 0 Å². The molecule has 1 atom stereocenters. The largest absolute Gasteiger partial charge is 0.369 e. The molecule has 0 bridgehead atoms. The fourth-order valence-electron chi connectivity index (χ4n) is 1.08. The molecule has 1 aromatic rings. The summed E-state index contributed by atoms with van der Waals surface area (Å²) in [6, 6.07) is 9.35. The van der Waals surface area contributed by atoms with Gasteiger partial charge in [-0.1, -0.05) is 36.4 Å². The van der Waals surface area contributed by atoms with Crippen LogP contribution < -0.4 is 5.73 Å². The van der Waals surface area contributed by atoms with E-state index in [1.54, 1.807) is 6.08 Å². The molecular formula is C10H11NO. The monoisotopic (exact) mass is 161 g/mol. The van der Waals surface area contributed by atoms with Crippen LogP contribution in [0.2, 0.25) is 0 Å². The molecule has 0 spiro atoms. The lowest BCUT2D eigenvalue weighted by atomic mass is 9.99. The van der Waals surface area contributed by atoms with Crippen LogP contribution in [0, 0.1) is 0 Å². The van der Waals surface area contributed by atoms with E-state index in [9.17, 15) is 4.79 Å². The second-order valence-corrected chi connectivity index (χ2v) is 2.53. The molecule has 1 amide bonds. The number of carbonyl (C=O) groups is 1. The van der Waals surface area contributed by atoms with Crippen molar-refractivity contribution in [1.29, 1.82) is 0 Å². The molecule has 0 unspecified atom stereocenters. The number of carbonyl (C=O) groups excluding carboxylic acids is 1. The lowest BCUT2D eigenvalue weighted by Crippen LogP contribution is -2.19. The molecule has 62 valence electrons. The Morgan fingerprint density at radius 3 is 2.42 bits per heavy atom. The fraction of sp³-hybridized carbons (Fsp3) is 0.100. The van der Waals surface area contributed by atoms with Crippen molar-refractivity contribution in [3.05, 3.63) is 48.6 Å². The van der Waals surface area contributed by atoms with Crippen LogP contribution in [-0.2, 0) is 4.79 Å². The van der Waals surface area contributed by atoms with Crippen molar-refractivity contribution in [2.45, 2.75) is 5.92 Å². The molecule has 0 aliphatic heterocycles. The van der Waals surface area contributed by atoms with Crippen LogP contribution in [0.25, 0.3) is 0 Å². The van der Waals surface area contributed by atoms with E-state index in [2.05, 4.69) is 6.58 Å². The number of rotatable bonds is 3. The van der Waals surface area contributed by atoms with Gasteiger partial charge in [0.05, 0.1) is 5.92 Å². The lowest BCUT2D eigenvalue weighted by molar-refractivity contribution is -0.118. The molecule has 0 aliphatic rings. The Bertz CT molecular complexity index is 279. The van der Waals surface area contributed by atoms with Gasteiger partial charge in [0, 0.05) is 0 Å². The van der Waals surface area contributed by atoms with Gasteiger partial charge in [0.2, 0.25) is 5.91 Å². The van der Waals surface area contributed by atoms with Crippen molar-refractivity contribution < 1.29 is 4.79 Å². The Labute approximate surface area is 71.7 Å². The molecule has 1 rings (SSSR count). The highest BCUT2D eigenvalue weighted by Crippen LogP contribution is 2.14. The molecule has 1 aromatic carbocycles. The van der Waals surface area contributed by atoms with E-state index in [0.29, 0.717) is 0 Å². The summed E-state index contributed by atoms with van der Waals surface area (Å²) in [5.41, 5.74) is 6.06. The SMILES string of the molecule is C=C[C@H](C(N)=O)c1ccccc1. The zero-order chi connectivity index (χ0) is 8.97. The van der Waals surface area contributed by atoms with Crippen molar-refractivity contribution in [2.75, 3.05) is 0 Å². The van der Waals surface area contributed by atoms with Crippen molar-refractivity contribution in [3.8, 4) is 0 Å². The second-order valence-electron chi connectivity index (χ2n) is 2.53. The third-order valence-electron chi connectivity index (χ3n) is 1.70. The minimum atomic E-state index is -0.369. The van der Waals surface area contributed by atoms with Crippen LogP contribution in [0.1, 0.15) is 11.5 Å². The van der Waals surface area contributed by atoms with Gasteiger partial charge < -0.3 is 5.73 Å². The Balaban J connectivity index is 2.95. The highest BCUT2D eigenvalue weighted by Gasteiger charge is 2.11. The minimum Gasteiger partial charge on any atom is -0.369 e. The highest BCUT2D eigenvalue weighted by atomic mass is 16.1. The highest BCUT2D eigenvalue weighted by molar-refractivity contribution is 5.83. The van der Waals surface area contributed by atoms with Gasteiger partial charge in [0.15, 0.2) is 0 Å². The standard InChI is InChI=1S/C10H11NO/c1-2-9(10(11)12)8-6-4-3-5-7-8/h2-7,9H,1H2,(H2,11,12)/t9-/m0/s1. The van der Waals surface area contributed by atoms with Gasteiger partial charge in [-0.15, -0.1) is 6.58 Å². The predicted molar refractivity (Wildman–Crippen MR) is 48.6 cm³/mol. The molecule has 0 aliphatic carbocycles. The first-order valence-electron chi connectivity index (χ1n) is 3.72. The van der Waals surface area contributed by atoms with Gasteiger partial charge in [0.25, 0.3) is 0 Å². The molecule has 0 fully saturated rings. The zero-order valence-electron chi connectivity index (χ0n) is 6.73. The second kappa shape index (κ2) is 3.72. The summed E-state index contributed by atoms with van der Waals surface area (Å²) < 4.78 is 0. The van der Waals surface area contributed by atoms with Crippen molar-refractivity contribution >= 4 is 5.91 Å². The van der Waals surface area contributed by atoms with Crippen LogP contribution >= 0.6 is 0 Å². The van der Waals surface area contributed by atoms with Gasteiger partial charge in [-0.05, 0) is 5.56 Å². The van der Waals surface area contributed by atoms with Crippen LogP contribution in [-0.4, -0.2) is 5.91 Å². The molecule has 0 heterocycles. The first-order valence-corrected chi connectivity index (χ1v) is 3.72. The fourth-order valence-corrected chi connectivity index (χ4v) is 1.08. The Morgan fingerprint density at radius 2 is 2.00 bits per heavy atom. The van der Waals surface area contributed by atoms with Crippen LogP contribution in [0.15, 0.2) is 43.0 Å². The number of benzene rings is 1. The molecule has 12 heavy (non-hydrogen) atoms. The quantitative estimate of drug-likeness (QED) is 0.670. The van der Waals surface area contributed by atoms with E-state index in [1.165, 1.54) is 0 Å². The third kappa shape index (κ3) is 1.72. The third-order valence-corrected chi connectivity index (χ3v) is 1.70. The Morgan fingerprint density at radius 1 is 1.42 bits per heavy atom. The first kappa shape index (κ1) is 8.53. The summed E-state index contributed by atoms with van der Waals surface area (Å²) >= 11 is 0. The normalized spacial score (nSPS) is 12.0. The predicted octanol–water partition coefficient (Wildman–Crippen LogP) is 1.44. The van der Waals surface area contributed by atoms with Crippen molar-refractivity contribution in [2.24, 2.45) is 5.73 Å². The molecule has 0 radical (unpaired) electrons. The van der Waals surface area contributed by atoms with E-state index in [1.807, 2.05) is 30.3 Å². The van der Waals surface area contributed by atoms with E-state index in [4.69, 9.17) is 5.73 Å². The summed E-state index contributed by atoms with van der Waals surface area (Å²) in [6.45, 7) is 3.56. The smallest absolute Gasteiger partial charge is 0.228 e. The van der Waals surface area contributed by atoms with Crippen molar-refractivity contribution in [1.82, 2.24) is 0 Å². The maximum Gasteiger partial charge on any atom is 0.228 e. The number of hydrogen-bond donors (Lipinski definition) is 1. The summed E-state index contributed by atoms with van der Waals surface area (Å²) in [4.78, 5) is 10.9. The summed E-state index contributed by atoms with van der Waals surface area (Å²) in [6.07, 6.45) is 1.55. The zero-order valence-corrected chi connectivity index (χ0v) is 6.73. The van der Waals surface area contributed by atoms with Gasteiger partial charge in [-0.2, -0.15) is 0 Å². The topological polar surface area (TPSA) is 43.1 Å². The molecule has 2 nitrogen and oxygen atoms in total. The number of primary amides is 1. The maximum absolute atomic E-state index is 10.9.